The lowest BCUT2D eigenvalue weighted by molar-refractivity contribution is 0.0303. The summed E-state index contributed by atoms with van der Waals surface area (Å²) in [6.07, 6.45) is 0. The third-order valence-corrected chi connectivity index (χ3v) is 4.12. The molecule has 0 saturated carbocycles. The van der Waals surface area contributed by atoms with Crippen molar-refractivity contribution in [3.8, 4) is 5.75 Å². The van der Waals surface area contributed by atoms with Crippen molar-refractivity contribution >= 4 is 11.6 Å². The van der Waals surface area contributed by atoms with Crippen LogP contribution in [0.4, 0.5) is 5.69 Å². The van der Waals surface area contributed by atoms with Crippen molar-refractivity contribution in [2.75, 3.05) is 38.7 Å². The van der Waals surface area contributed by atoms with Gasteiger partial charge in [0.25, 0.3) is 5.91 Å². The number of hydrogen-bond donors (Lipinski definition) is 1. The zero-order chi connectivity index (χ0) is 16.8. The Bertz CT molecular complexity index is 697. The SMILES string of the molecule is COc1ccccc1CNc1ccccc1C(=O)N1CCOCC1. The van der Waals surface area contributed by atoms with E-state index in [1.165, 1.54) is 0 Å². The number of ether oxygens (including phenoxy) is 2. The van der Waals surface area contributed by atoms with Gasteiger partial charge in [0, 0.05) is 30.9 Å². The molecule has 3 rings (SSSR count). The second kappa shape index (κ2) is 7.84. The van der Waals surface area contributed by atoms with Crippen LogP contribution in [0.2, 0.25) is 0 Å². The van der Waals surface area contributed by atoms with Gasteiger partial charge in [-0.1, -0.05) is 30.3 Å². The van der Waals surface area contributed by atoms with Crippen LogP contribution in [0.3, 0.4) is 0 Å². The summed E-state index contributed by atoms with van der Waals surface area (Å²) in [5.41, 5.74) is 2.57. The number of benzene rings is 2. The minimum absolute atomic E-state index is 0.0430. The first kappa shape index (κ1) is 16.3. The smallest absolute Gasteiger partial charge is 0.256 e. The molecule has 0 atom stereocenters. The zero-order valence-corrected chi connectivity index (χ0v) is 13.8. The Kier molecular flexibility index (Phi) is 5.33. The Morgan fingerprint density at radius 2 is 1.83 bits per heavy atom. The van der Waals surface area contributed by atoms with E-state index >= 15 is 0 Å². The number of nitrogens with one attached hydrogen (secondary N) is 1. The molecular weight excluding hydrogens is 304 g/mol. The fourth-order valence-electron chi connectivity index (χ4n) is 2.80. The fourth-order valence-corrected chi connectivity index (χ4v) is 2.80. The number of carbonyl (C=O) groups is 1. The molecule has 2 aromatic rings. The highest BCUT2D eigenvalue weighted by molar-refractivity contribution is 5.99. The highest BCUT2D eigenvalue weighted by Crippen LogP contribution is 2.22. The molecule has 24 heavy (non-hydrogen) atoms. The van der Waals surface area contributed by atoms with Gasteiger partial charge in [-0.25, -0.2) is 0 Å². The highest BCUT2D eigenvalue weighted by Gasteiger charge is 2.20. The van der Waals surface area contributed by atoms with Gasteiger partial charge in [0.1, 0.15) is 5.75 Å². The standard InChI is InChI=1S/C19H22N2O3/c1-23-18-9-5-2-6-15(18)14-20-17-8-4-3-7-16(17)19(22)21-10-12-24-13-11-21/h2-9,20H,10-14H2,1H3. The molecule has 0 aromatic heterocycles. The molecule has 1 aliphatic heterocycles. The molecule has 5 heteroatoms. The van der Waals surface area contributed by atoms with E-state index in [9.17, 15) is 4.79 Å². The molecule has 1 fully saturated rings. The van der Waals surface area contributed by atoms with Crippen LogP contribution in [0.25, 0.3) is 0 Å². The predicted octanol–water partition coefficient (Wildman–Crippen LogP) is 2.78. The van der Waals surface area contributed by atoms with E-state index in [2.05, 4.69) is 5.32 Å². The highest BCUT2D eigenvalue weighted by atomic mass is 16.5. The van der Waals surface area contributed by atoms with Gasteiger partial charge in [-0.2, -0.15) is 0 Å². The third kappa shape index (κ3) is 3.68. The van der Waals surface area contributed by atoms with Crippen LogP contribution in [0.15, 0.2) is 48.5 Å². The van der Waals surface area contributed by atoms with Gasteiger partial charge in [-0.05, 0) is 18.2 Å². The molecule has 0 unspecified atom stereocenters. The van der Waals surface area contributed by atoms with E-state index in [-0.39, 0.29) is 5.91 Å². The van der Waals surface area contributed by atoms with E-state index in [1.54, 1.807) is 7.11 Å². The van der Waals surface area contributed by atoms with Crippen molar-refractivity contribution in [2.24, 2.45) is 0 Å². The Morgan fingerprint density at radius 1 is 1.12 bits per heavy atom. The Balaban J connectivity index is 1.75. The minimum atomic E-state index is 0.0430. The van der Waals surface area contributed by atoms with Crippen LogP contribution in [0, 0.1) is 0 Å². The van der Waals surface area contributed by atoms with Crippen molar-refractivity contribution in [3.63, 3.8) is 0 Å². The zero-order valence-electron chi connectivity index (χ0n) is 13.8. The van der Waals surface area contributed by atoms with Crippen LogP contribution >= 0.6 is 0 Å². The lowest BCUT2D eigenvalue weighted by Gasteiger charge is -2.27. The van der Waals surface area contributed by atoms with Crippen LogP contribution in [-0.4, -0.2) is 44.2 Å². The van der Waals surface area contributed by atoms with Gasteiger partial charge in [0.15, 0.2) is 0 Å². The molecule has 1 heterocycles. The molecule has 126 valence electrons. The van der Waals surface area contributed by atoms with Crippen molar-refractivity contribution < 1.29 is 14.3 Å². The molecule has 0 bridgehead atoms. The van der Waals surface area contributed by atoms with E-state index in [0.29, 0.717) is 38.4 Å². The van der Waals surface area contributed by atoms with E-state index in [4.69, 9.17) is 9.47 Å². The molecule has 1 aliphatic rings. The summed E-state index contributed by atoms with van der Waals surface area (Å²) in [6, 6.07) is 15.5. The van der Waals surface area contributed by atoms with Gasteiger partial charge in [0.05, 0.1) is 25.9 Å². The quantitative estimate of drug-likeness (QED) is 0.918. The van der Waals surface area contributed by atoms with Gasteiger partial charge < -0.3 is 19.7 Å². The molecular formula is C19H22N2O3. The summed E-state index contributed by atoms with van der Waals surface area (Å²) in [5.74, 6) is 0.878. The van der Waals surface area contributed by atoms with Gasteiger partial charge in [-0.3, -0.25) is 4.79 Å². The largest absolute Gasteiger partial charge is 0.496 e. The van der Waals surface area contributed by atoms with Crippen molar-refractivity contribution in [1.29, 1.82) is 0 Å². The van der Waals surface area contributed by atoms with Crippen molar-refractivity contribution in [3.05, 3.63) is 59.7 Å². The maximum atomic E-state index is 12.8. The number of morpholine rings is 1. The van der Waals surface area contributed by atoms with Crippen molar-refractivity contribution in [2.45, 2.75) is 6.54 Å². The average molecular weight is 326 g/mol. The van der Waals surface area contributed by atoms with Crippen LogP contribution in [0.5, 0.6) is 5.75 Å². The number of hydrogen-bond acceptors (Lipinski definition) is 4. The molecule has 2 aromatic carbocycles. The summed E-state index contributed by atoms with van der Waals surface area (Å²) in [5, 5.41) is 3.37. The molecule has 1 amide bonds. The van der Waals surface area contributed by atoms with Crippen LogP contribution in [-0.2, 0) is 11.3 Å². The molecule has 1 saturated heterocycles. The van der Waals surface area contributed by atoms with E-state index in [1.807, 2.05) is 53.4 Å². The lowest BCUT2D eigenvalue weighted by Crippen LogP contribution is -2.40. The summed E-state index contributed by atoms with van der Waals surface area (Å²) in [4.78, 5) is 14.6. The first-order chi connectivity index (χ1) is 11.8. The molecule has 0 radical (unpaired) electrons. The second-order valence-electron chi connectivity index (χ2n) is 5.62. The monoisotopic (exact) mass is 326 g/mol. The first-order valence-corrected chi connectivity index (χ1v) is 8.11. The number of carbonyl (C=O) groups excluding carboxylic acids is 1. The summed E-state index contributed by atoms with van der Waals surface area (Å²) in [7, 11) is 1.66. The Labute approximate surface area is 142 Å². The number of nitrogens with zero attached hydrogens (tertiary/aromatic N) is 1. The summed E-state index contributed by atoms with van der Waals surface area (Å²) in [6.45, 7) is 3.07. The van der Waals surface area contributed by atoms with Crippen LogP contribution < -0.4 is 10.1 Å². The normalized spacial score (nSPS) is 14.3. The summed E-state index contributed by atoms with van der Waals surface area (Å²) < 4.78 is 10.7. The number of anilines is 1. The molecule has 0 spiro atoms. The third-order valence-electron chi connectivity index (χ3n) is 4.12. The van der Waals surface area contributed by atoms with E-state index < -0.39 is 0 Å². The predicted molar refractivity (Wildman–Crippen MR) is 93.5 cm³/mol. The van der Waals surface area contributed by atoms with E-state index in [0.717, 1.165) is 17.0 Å². The second-order valence-corrected chi connectivity index (χ2v) is 5.62. The van der Waals surface area contributed by atoms with Crippen molar-refractivity contribution in [1.82, 2.24) is 4.90 Å². The summed E-state index contributed by atoms with van der Waals surface area (Å²) >= 11 is 0. The topological polar surface area (TPSA) is 50.8 Å². The maximum Gasteiger partial charge on any atom is 0.256 e. The number of methoxy groups -OCH3 is 1. The Morgan fingerprint density at radius 3 is 2.62 bits per heavy atom. The van der Waals surface area contributed by atoms with Gasteiger partial charge >= 0.3 is 0 Å². The minimum Gasteiger partial charge on any atom is -0.496 e. The lowest BCUT2D eigenvalue weighted by atomic mass is 10.1. The van der Waals surface area contributed by atoms with Crippen LogP contribution in [0.1, 0.15) is 15.9 Å². The Hall–Kier alpha value is -2.53. The molecule has 1 N–H and O–H groups in total. The number of rotatable bonds is 5. The number of para-hydroxylation sites is 2. The first-order valence-electron chi connectivity index (χ1n) is 8.11. The average Bonchev–Trinajstić information content (AvgIpc) is 2.67. The van der Waals surface area contributed by atoms with Gasteiger partial charge in [0.2, 0.25) is 0 Å². The van der Waals surface area contributed by atoms with Gasteiger partial charge in [-0.15, -0.1) is 0 Å². The molecule has 0 aliphatic carbocycles. The molecule has 5 nitrogen and oxygen atoms in total. The number of amides is 1. The fraction of sp³-hybridized carbons (Fsp3) is 0.316. The maximum absolute atomic E-state index is 12.8.